The van der Waals surface area contributed by atoms with Crippen molar-refractivity contribution in [1.82, 2.24) is 5.32 Å². The molecule has 0 bridgehead atoms. The van der Waals surface area contributed by atoms with Crippen LogP contribution in [-0.2, 0) is 4.74 Å². The summed E-state index contributed by atoms with van der Waals surface area (Å²) in [4.78, 5) is 0. The van der Waals surface area contributed by atoms with Crippen molar-refractivity contribution in [2.75, 3.05) is 27.3 Å². The molecule has 0 heterocycles. The Labute approximate surface area is 586 Å². The van der Waals surface area contributed by atoms with Gasteiger partial charge in [0.05, 0.1) is 0 Å². The van der Waals surface area contributed by atoms with Crippen LogP contribution in [0.3, 0.4) is 0 Å². The van der Waals surface area contributed by atoms with E-state index in [1.807, 2.05) is 46.0 Å². The normalized spacial score (nSPS) is 26.2. The molecule has 10 rings (SSSR count). The molecule has 0 aliphatic heterocycles. The highest BCUT2D eigenvalue weighted by molar-refractivity contribution is 5.49. The Bertz CT molecular complexity index is 1980. The molecule has 0 amide bonds. The molecule has 2 nitrogen and oxygen atoms in total. The molecule has 93 heavy (non-hydrogen) atoms. The van der Waals surface area contributed by atoms with Gasteiger partial charge >= 0.3 is 0 Å². The zero-order valence-electron chi connectivity index (χ0n) is 67.7. The number of aryl methyl sites for hydroxylation is 3. The smallest absolute Gasteiger partial charge is 0.0459 e. The summed E-state index contributed by atoms with van der Waals surface area (Å²) in [7, 11) is 3.67. The first-order valence-electron chi connectivity index (χ1n) is 39.0. The van der Waals surface area contributed by atoms with Crippen molar-refractivity contribution in [2.45, 2.75) is 314 Å². The number of hydrogen-bond acceptors (Lipinski definition) is 2. The quantitative estimate of drug-likeness (QED) is 0.227. The van der Waals surface area contributed by atoms with Crippen molar-refractivity contribution < 1.29 is 4.74 Å². The maximum absolute atomic E-state index is 4.69. The van der Waals surface area contributed by atoms with Crippen LogP contribution < -0.4 is 5.32 Å². The zero-order chi connectivity index (χ0) is 71.4. The van der Waals surface area contributed by atoms with Gasteiger partial charge in [0.15, 0.2) is 0 Å². The van der Waals surface area contributed by atoms with Gasteiger partial charge in [-0.25, -0.2) is 0 Å². The summed E-state index contributed by atoms with van der Waals surface area (Å²) >= 11 is 0. The first-order valence-corrected chi connectivity index (χ1v) is 39.0. The van der Waals surface area contributed by atoms with Gasteiger partial charge in [0.2, 0.25) is 0 Å². The van der Waals surface area contributed by atoms with E-state index in [4.69, 9.17) is 4.74 Å². The number of rotatable bonds is 8. The Morgan fingerprint density at radius 1 is 0.419 bits per heavy atom. The number of allylic oxidation sites excluding steroid dienone is 7. The topological polar surface area (TPSA) is 21.3 Å². The fraction of sp³-hybridized carbons (Fsp3) is 0.714. The van der Waals surface area contributed by atoms with E-state index in [2.05, 4.69) is 274 Å². The third-order valence-corrected chi connectivity index (χ3v) is 19.6. The summed E-state index contributed by atoms with van der Waals surface area (Å²) in [6, 6.07) is 27.6. The first kappa shape index (κ1) is 95.9. The third-order valence-electron chi connectivity index (χ3n) is 19.6. The van der Waals surface area contributed by atoms with Crippen molar-refractivity contribution >= 4 is 6.08 Å². The Balaban J connectivity index is -0.000000462. The number of methoxy groups -OCH3 is 1. The highest BCUT2D eigenvalue weighted by Crippen LogP contribution is 2.33. The minimum absolute atomic E-state index is 0.709. The Morgan fingerprint density at radius 3 is 0.957 bits per heavy atom. The minimum atomic E-state index is 0.709. The van der Waals surface area contributed by atoms with Gasteiger partial charge < -0.3 is 10.1 Å². The number of nitrogens with one attached hydrogen (secondary N) is 1. The Hall–Kier alpha value is -3.46. The maximum atomic E-state index is 4.69. The molecule has 7 aliphatic rings. The van der Waals surface area contributed by atoms with Gasteiger partial charge in [-0.15, -0.1) is 0 Å². The lowest BCUT2D eigenvalue weighted by atomic mass is 9.77. The van der Waals surface area contributed by atoms with Crippen molar-refractivity contribution in [2.24, 2.45) is 82.9 Å². The van der Waals surface area contributed by atoms with Gasteiger partial charge in [-0.3, -0.25) is 0 Å². The number of hydrogen-bond donors (Lipinski definition) is 1. The average molecular weight is 1290 g/mol. The van der Waals surface area contributed by atoms with E-state index in [-0.39, 0.29) is 0 Å². The molecule has 3 aromatic carbocycles. The van der Waals surface area contributed by atoms with Gasteiger partial charge in [-0.1, -0.05) is 366 Å². The van der Waals surface area contributed by atoms with Crippen LogP contribution >= 0.6 is 0 Å². The average Bonchev–Trinajstić information content (AvgIpc) is 3.64. The molecule has 0 saturated heterocycles. The fourth-order valence-corrected chi connectivity index (χ4v) is 11.0. The Kier molecular flexibility index (Phi) is 67.9. The van der Waals surface area contributed by atoms with Crippen molar-refractivity contribution in [3.8, 4) is 0 Å². The fourth-order valence-electron chi connectivity index (χ4n) is 11.0. The maximum Gasteiger partial charge on any atom is 0.0459 e. The summed E-state index contributed by atoms with van der Waals surface area (Å²) < 4.78 is 4.69. The van der Waals surface area contributed by atoms with E-state index in [1.165, 1.54) is 150 Å². The predicted octanol–water partition coefficient (Wildman–Crippen LogP) is 29.4. The second-order valence-corrected chi connectivity index (χ2v) is 30.2. The minimum Gasteiger partial charge on any atom is -0.385 e. The van der Waals surface area contributed by atoms with Crippen LogP contribution in [0.25, 0.3) is 6.08 Å². The molecule has 11 atom stereocenters. The van der Waals surface area contributed by atoms with E-state index >= 15 is 0 Å². The zero-order valence-corrected chi connectivity index (χ0v) is 67.7. The van der Waals surface area contributed by atoms with Crippen LogP contribution in [0, 0.1) is 104 Å². The molecular weight excluding hydrogens is 1120 g/mol. The molecule has 540 valence electrons. The molecule has 1 N–H and O–H groups in total. The van der Waals surface area contributed by atoms with Gasteiger partial charge in [0.25, 0.3) is 0 Å². The number of unbranched alkanes of at least 4 members (excludes halogenated alkanes) is 1. The predicted molar refractivity (Wildman–Crippen MR) is 430 cm³/mol. The van der Waals surface area contributed by atoms with E-state index in [0.717, 1.165) is 102 Å². The van der Waals surface area contributed by atoms with Crippen LogP contribution in [0.1, 0.15) is 321 Å². The molecule has 0 aromatic heterocycles. The van der Waals surface area contributed by atoms with Crippen molar-refractivity contribution in [1.29, 1.82) is 0 Å². The van der Waals surface area contributed by atoms with Crippen LogP contribution in [0.15, 0.2) is 121 Å². The van der Waals surface area contributed by atoms with Crippen molar-refractivity contribution in [3.63, 3.8) is 0 Å². The van der Waals surface area contributed by atoms with Crippen LogP contribution in [-0.4, -0.2) is 27.3 Å². The second-order valence-electron chi connectivity index (χ2n) is 30.2. The summed E-state index contributed by atoms with van der Waals surface area (Å²) in [5.74, 6) is 14.4. The highest BCUT2D eigenvalue weighted by atomic mass is 16.5. The van der Waals surface area contributed by atoms with E-state index in [0.29, 0.717) is 5.92 Å². The monoisotopic (exact) mass is 1290 g/mol. The van der Waals surface area contributed by atoms with E-state index in [9.17, 15) is 0 Å². The lowest BCUT2D eigenvalue weighted by Gasteiger charge is -2.29. The molecule has 3 aromatic rings. The largest absolute Gasteiger partial charge is 0.385 e. The van der Waals surface area contributed by atoms with Crippen LogP contribution in [0.5, 0.6) is 0 Å². The third kappa shape index (κ3) is 61.9. The lowest BCUT2D eigenvalue weighted by Crippen LogP contribution is -2.18. The molecule has 7 aliphatic carbocycles. The van der Waals surface area contributed by atoms with E-state index in [1.54, 1.807) is 7.11 Å². The highest BCUT2D eigenvalue weighted by Gasteiger charge is 2.21. The molecular formula is C91H165NO. The van der Waals surface area contributed by atoms with Crippen LogP contribution in [0.4, 0.5) is 0 Å². The summed E-state index contributed by atoms with van der Waals surface area (Å²) in [5.41, 5.74) is 6.69. The molecule has 5 saturated carbocycles. The summed E-state index contributed by atoms with van der Waals surface area (Å²) in [6.07, 6.45) is 45.4. The van der Waals surface area contributed by atoms with Gasteiger partial charge in [0, 0.05) is 13.7 Å². The van der Waals surface area contributed by atoms with Crippen LogP contribution in [0.2, 0.25) is 0 Å². The standard InChI is InChI=1S/C10H14.C10H12.C8H16.C8H10.C7H14.C7H12.C7H14.2C6H12.C6H10.C4H11N.C4H10O.C4H10.C4H8/c1-3-9(2)10-7-5-4-6-8-10;1-3-4-10-7-5-9(2)6-8-10;2*1-7-3-5-8(2)6-4-7;2*1-6-3-4-7(2)5-6;1-6-4-3-5-7(6)2;1-5-3-6(2)4-5;2*1-5-3-4-6(5)2;2*1-3-4-5-2;2*1-3-4-2/h4-9H,3H2,1-2H3;3-8H,1-2H3;7-8H,3-6H2,1-2H3;3-6H,1-2H3;6-7H,3-5H2,1-2H3;3-4,6-7H,5H2,1-2H3;6-7H,3-5H2,1-2H3;2*5-6H,3-4H2,1-2H3;3-6H,1-2H3;5H,3-4H2,1-2H3;3-4H2,1-2H3;3-4H2,1-2H3;3-4H,1-2H3/b;4-3+;;;;;;;;;;;;4-3+. The number of ether oxygens (including phenoxy) is 1. The van der Waals surface area contributed by atoms with E-state index < -0.39 is 0 Å². The molecule has 5 fully saturated rings. The molecule has 2 heteroatoms. The second kappa shape index (κ2) is 65.8. The first-order chi connectivity index (χ1) is 44.2. The molecule has 0 radical (unpaired) electrons. The Morgan fingerprint density at radius 2 is 0.785 bits per heavy atom. The lowest BCUT2D eigenvalue weighted by molar-refractivity contribution is 0.199. The van der Waals surface area contributed by atoms with Gasteiger partial charge in [-0.05, 0) is 200 Å². The SMILES string of the molecule is C/C=C/C.C/C=C/c1ccc(C)cc1.CC1C=CC(C)C1.CC1C=CC1C.CC1CC(C)C1.CC1CCC(C)C1.CC1CCC(C)CC1.CC1CCC1C.CC1CCCC1C.CCC(C)c1ccccc1.CCCC.CCCNC.CCCOC.Cc1ccc(C)cc1. The van der Waals surface area contributed by atoms with Crippen molar-refractivity contribution in [3.05, 3.63) is 149 Å². The number of benzene rings is 3. The summed E-state index contributed by atoms with van der Waals surface area (Å²) in [6.45, 7) is 59.9. The summed E-state index contributed by atoms with van der Waals surface area (Å²) in [5, 5.41) is 3.02. The molecule has 0 spiro atoms. The molecule has 11 unspecified atom stereocenters. The van der Waals surface area contributed by atoms with Gasteiger partial charge in [-0.2, -0.15) is 0 Å². The van der Waals surface area contributed by atoms with Gasteiger partial charge in [0.1, 0.15) is 0 Å².